The van der Waals surface area contributed by atoms with Gasteiger partial charge in [-0.2, -0.15) is 0 Å². The summed E-state index contributed by atoms with van der Waals surface area (Å²) >= 11 is 0. The van der Waals surface area contributed by atoms with Crippen molar-refractivity contribution >= 4 is 5.96 Å². The number of nitrogens with zero attached hydrogens (tertiary/aromatic N) is 1. The standard InChI is InChI=1S/C14H28N4/c1-13(2)11(14(13,3)4)17-12(18-15)16-10-8-6-5-7-9-10/h10-11H,5-9,15H2,1-4H3,(H2,16,17,18). The third-order valence-electron chi connectivity index (χ3n) is 5.29. The fraction of sp³-hybridized carbons (Fsp3) is 0.929. The third-order valence-corrected chi connectivity index (χ3v) is 5.29. The predicted octanol–water partition coefficient (Wildman–Crippen LogP) is 2.16. The highest BCUT2D eigenvalue weighted by Crippen LogP contribution is 2.64. The third kappa shape index (κ3) is 2.35. The monoisotopic (exact) mass is 252 g/mol. The van der Waals surface area contributed by atoms with E-state index in [1.54, 1.807) is 0 Å². The van der Waals surface area contributed by atoms with E-state index in [9.17, 15) is 0 Å². The smallest absolute Gasteiger partial charge is 0.206 e. The van der Waals surface area contributed by atoms with E-state index in [-0.39, 0.29) is 10.8 Å². The van der Waals surface area contributed by atoms with Crippen molar-refractivity contribution in [3.05, 3.63) is 0 Å². The van der Waals surface area contributed by atoms with Gasteiger partial charge in [0.2, 0.25) is 5.96 Å². The Morgan fingerprint density at radius 3 is 2.06 bits per heavy atom. The van der Waals surface area contributed by atoms with Crippen LogP contribution in [0.1, 0.15) is 59.8 Å². The summed E-state index contributed by atoms with van der Waals surface area (Å²) in [6, 6.07) is 0.894. The molecule has 2 saturated carbocycles. The fourth-order valence-electron chi connectivity index (χ4n) is 3.17. The van der Waals surface area contributed by atoms with Crippen molar-refractivity contribution in [2.75, 3.05) is 0 Å². The van der Waals surface area contributed by atoms with Gasteiger partial charge in [-0.25, -0.2) is 10.8 Å². The largest absolute Gasteiger partial charge is 0.353 e. The van der Waals surface area contributed by atoms with Crippen molar-refractivity contribution in [3.8, 4) is 0 Å². The van der Waals surface area contributed by atoms with Crippen LogP contribution in [0.4, 0.5) is 0 Å². The number of guanidine groups is 1. The molecule has 0 spiro atoms. The Morgan fingerprint density at radius 1 is 1.06 bits per heavy atom. The first-order chi connectivity index (χ1) is 8.39. The van der Waals surface area contributed by atoms with Gasteiger partial charge in [-0.3, -0.25) is 5.43 Å². The zero-order valence-corrected chi connectivity index (χ0v) is 12.2. The second-order valence-electron chi connectivity index (χ2n) is 6.95. The van der Waals surface area contributed by atoms with Crippen LogP contribution in [-0.4, -0.2) is 18.0 Å². The van der Waals surface area contributed by atoms with Crippen molar-refractivity contribution in [2.45, 2.75) is 71.9 Å². The molecule has 0 amide bonds. The number of aliphatic imine (C=N–C) groups is 1. The Bertz CT molecular complexity index is 313. The molecule has 2 aliphatic carbocycles. The molecule has 4 N–H and O–H groups in total. The van der Waals surface area contributed by atoms with E-state index in [1.165, 1.54) is 32.1 Å². The van der Waals surface area contributed by atoms with Crippen LogP contribution in [0.5, 0.6) is 0 Å². The molecule has 0 bridgehead atoms. The van der Waals surface area contributed by atoms with Crippen LogP contribution >= 0.6 is 0 Å². The first-order valence-corrected chi connectivity index (χ1v) is 7.20. The van der Waals surface area contributed by atoms with Crippen LogP contribution in [0.15, 0.2) is 4.99 Å². The summed E-state index contributed by atoms with van der Waals surface area (Å²) < 4.78 is 0. The van der Waals surface area contributed by atoms with Gasteiger partial charge < -0.3 is 5.32 Å². The van der Waals surface area contributed by atoms with Crippen LogP contribution in [0.2, 0.25) is 0 Å². The molecule has 0 radical (unpaired) electrons. The van der Waals surface area contributed by atoms with Crippen molar-refractivity contribution in [3.63, 3.8) is 0 Å². The zero-order chi connectivity index (χ0) is 13.4. The molecule has 2 aliphatic rings. The van der Waals surface area contributed by atoms with Gasteiger partial charge in [0.05, 0.1) is 6.04 Å². The number of nitrogens with one attached hydrogen (secondary N) is 2. The van der Waals surface area contributed by atoms with Gasteiger partial charge in [0, 0.05) is 6.04 Å². The van der Waals surface area contributed by atoms with Crippen molar-refractivity contribution in [1.29, 1.82) is 0 Å². The second kappa shape index (κ2) is 4.72. The summed E-state index contributed by atoms with van der Waals surface area (Å²) in [5, 5.41) is 3.47. The molecule has 0 aromatic carbocycles. The predicted molar refractivity (Wildman–Crippen MR) is 76.1 cm³/mol. The van der Waals surface area contributed by atoms with Gasteiger partial charge in [0.15, 0.2) is 0 Å². The highest BCUT2D eigenvalue weighted by molar-refractivity contribution is 5.80. The maximum atomic E-state index is 5.60. The first kappa shape index (κ1) is 13.7. The Labute approximate surface area is 111 Å². The van der Waals surface area contributed by atoms with E-state index < -0.39 is 0 Å². The average molecular weight is 252 g/mol. The van der Waals surface area contributed by atoms with E-state index in [0.29, 0.717) is 12.1 Å². The zero-order valence-electron chi connectivity index (χ0n) is 12.2. The Hall–Kier alpha value is -0.770. The molecule has 0 saturated heterocycles. The van der Waals surface area contributed by atoms with Gasteiger partial charge in [0.25, 0.3) is 0 Å². The highest BCUT2D eigenvalue weighted by atomic mass is 15.3. The van der Waals surface area contributed by atoms with Crippen molar-refractivity contribution in [1.82, 2.24) is 10.7 Å². The lowest BCUT2D eigenvalue weighted by Crippen LogP contribution is -2.47. The molecule has 0 aromatic heterocycles. The SMILES string of the molecule is CC1(C)C(N=C(NN)NC2CCCCC2)C1(C)C. The lowest BCUT2D eigenvalue weighted by Gasteiger charge is -2.24. The molecule has 104 valence electrons. The van der Waals surface area contributed by atoms with E-state index in [4.69, 9.17) is 10.8 Å². The second-order valence-corrected chi connectivity index (χ2v) is 6.95. The summed E-state index contributed by atoms with van der Waals surface area (Å²) in [6.45, 7) is 9.09. The summed E-state index contributed by atoms with van der Waals surface area (Å²) in [5.41, 5.74) is 3.27. The normalized spacial score (nSPS) is 27.9. The summed E-state index contributed by atoms with van der Waals surface area (Å²) in [4.78, 5) is 4.78. The molecule has 2 rings (SSSR count). The van der Waals surface area contributed by atoms with Crippen LogP contribution in [0.25, 0.3) is 0 Å². The Kier molecular flexibility index (Phi) is 3.58. The maximum Gasteiger partial charge on any atom is 0.206 e. The molecule has 4 heteroatoms. The van der Waals surface area contributed by atoms with Crippen molar-refractivity contribution in [2.24, 2.45) is 21.7 Å². The van der Waals surface area contributed by atoms with Crippen LogP contribution in [0, 0.1) is 10.8 Å². The molecule has 2 fully saturated rings. The molecule has 4 nitrogen and oxygen atoms in total. The molecule has 0 aliphatic heterocycles. The summed E-state index contributed by atoms with van der Waals surface area (Å²) in [7, 11) is 0. The van der Waals surface area contributed by atoms with Crippen LogP contribution < -0.4 is 16.6 Å². The van der Waals surface area contributed by atoms with E-state index in [2.05, 4.69) is 38.4 Å². The Balaban J connectivity index is 1.97. The molecule has 0 heterocycles. The van der Waals surface area contributed by atoms with E-state index in [1.807, 2.05) is 0 Å². The molecular weight excluding hydrogens is 224 g/mol. The van der Waals surface area contributed by atoms with E-state index >= 15 is 0 Å². The maximum absolute atomic E-state index is 5.60. The van der Waals surface area contributed by atoms with Gasteiger partial charge in [-0.1, -0.05) is 47.0 Å². The van der Waals surface area contributed by atoms with Crippen molar-refractivity contribution < 1.29 is 0 Å². The van der Waals surface area contributed by atoms with Gasteiger partial charge >= 0.3 is 0 Å². The van der Waals surface area contributed by atoms with Gasteiger partial charge in [-0.15, -0.1) is 0 Å². The highest BCUT2D eigenvalue weighted by Gasteiger charge is 2.65. The summed E-state index contributed by atoms with van der Waals surface area (Å²) in [6.07, 6.45) is 6.46. The molecular formula is C14H28N4. The van der Waals surface area contributed by atoms with Gasteiger partial charge in [-0.05, 0) is 23.7 Å². The van der Waals surface area contributed by atoms with Crippen LogP contribution in [0.3, 0.4) is 0 Å². The fourth-order valence-corrected chi connectivity index (χ4v) is 3.17. The molecule has 0 unspecified atom stereocenters. The number of rotatable bonds is 2. The number of hydrogen-bond donors (Lipinski definition) is 3. The van der Waals surface area contributed by atoms with Gasteiger partial charge in [0.1, 0.15) is 0 Å². The Morgan fingerprint density at radius 2 is 1.61 bits per heavy atom. The summed E-state index contributed by atoms with van der Waals surface area (Å²) in [5.74, 6) is 6.37. The minimum absolute atomic E-state index is 0.267. The molecule has 0 aromatic rings. The number of hydrazine groups is 1. The first-order valence-electron chi connectivity index (χ1n) is 7.20. The number of hydrogen-bond acceptors (Lipinski definition) is 2. The quantitative estimate of drug-likeness (QED) is 0.305. The van der Waals surface area contributed by atoms with Crippen LogP contribution in [-0.2, 0) is 0 Å². The minimum atomic E-state index is 0.267. The lowest BCUT2D eigenvalue weighted by atomic mass is 9.96. The van der Waals surface area contributed by atoms with E-state index in [0.717, 1.165) is 5.96 Å². The lowest BCUT2D eigenvalue weighted by molar-refractivity contribution is 0.409. The topological polar surface area (TPSA) is 62.4 Å². The average Bonchev–Trinajstić information content (AvgIpc) is 2.72. The molecule has 18 heavy (non-hydrogen) atoms. The molecule has 0 atom stereocenters. The number of nitrogens with two attached hydrogens (primary N) is 1. The minimum Gasteiger partial charge on any atom is -0.353 e.